The Hall–Kier alpha value is -3.09. The molecular weight excluding hydrogens is 414 g/mol. The molecule has 0 fully saturated rings. The zero-order valence-corrected chi connectivity index (χ0v) is 17.9. The highest BCUT2D eigenvalue weighted by Crippen LogP contribution is 2.33. The van der Waals surface area contributed by atoms with Gasteiger partial charge in [0.2, 0.25) is 0 Å². The van der Waals surface area contributed by atoms with Crippen molar-refractivity contribution in [3.63, 3.8) is 0 Å². The first-order chi connectivity index (χ1) is 14.6. The van der Waals surface area contributed by atoms with Crippen molar-refractivity contribution in [2.45, 2.75) is 4.34 Å². The molecule has 0 unspecified atom stereocenters. The molecule has 4 rings (SSSR count). The molecule has 0 radical (unpaired) electrons. The summed E-state index contributed by atoms with van der Waals surface area (Å²) in [7, 11) is 1.63. The van der Waals surface area contributed by atoms with Crippen LogP contribution in [0.2, 0.25) is 0 Å². The van der Waals surface area contributed by atoms with Crippen LogP contribution in [0.15, 0.2) is 83.2 Å². The first-order valence-corrected chi connectivity index (χ1v) is 11.1. The number of carbonyl (C=O) groups is 1. The van der Waals surface area contributed by atoms with E-state index in [1.165, 1.54) is 12.1 Å². The topological polar surface area (TPSA) is 59.4 Å². The van der Waals surface area contributed by atoms with Crippen molar-refractivity contribution < 1.29 is 14.6 Å². The number of hydrogen-bond acceptors (Lipinski definition) is 6. The number of para-hydroxylation sites is 1. The highest BCUT2D eigenvalue weighted by molar-refractivity contribution is 8.01. The number of thiazole rings is 1. The number of methoxy groups -OCH3 is 1. The number of fused-ring (bicyclic) bond motifs is 1. The van der Waals surface area contributed by atoms with E-state index in [0.717, 1.165) is 31.4 Å². The largest absolute Gasteiger partial charge is 0.508 e. The van der Waals surface area contributed by atoms with Crippen LogP contribution in [0.25, 0.3) is 15.8 Å². The first kappa shape index (κ1) is 20.2. The van der Waals surface area contributed by atoms with Crippen LogP contribution in [0, 0.1) is 0 Å². The van der Waals surface area contributed by atoms with Gasteiger partial charge in [-0.05, 0) is 65.7 Å². The van der Waals surface area contributed by atoms with Crippen molar-refractivity contribution in [1.29, 1.82) is 0 Å². The molecule has 30 heavy (non-hydrogen) atoms. The van der Waals surface area contributed by atoms with Gasteiger partial charge in [-0.2, -0.15) is 0 Å². The second-order valence-electron chi connectivity index (χ2n) is 6.55. The summed E-state index contributed by atoms with van der Waals surface area (Å²) < 4.78 is 7.36. The Morgan fingerprint density at radius 2 is 1.73 bits per heavy atom. The van der Waals surface area contributed by atoms with E-state index in [4.69, 9.17) is 4.74 Å². The third kappa shape index (κ3) is 4.72. The number of aromatic nitrogens is 1. The summed E-state index contributed by atoms with van der Waals surface area (Å²) in [5, 5.41) is 9.47. The molecule has 4 aromatic rings. The number of hydrogen-bond donors (Lipinski definition) is 1. The van der Waals surface area contributed by atoms with Gasteiger partial charge in [-0.1, -0.05) is 36.0 Å². The Labute approximate surface area is 182 Å². The molecule has 0 saturated heterocycles. The standard InChI is InChI=1S/C24H19NO3S2/c1-28-20-12-8-16(9-13-20)18(14-22(27)17-6-10-19(26)11-7-17)15-29-24-25-21-4-2-3-5-23(21)30-24/h2-14,26H,15H2,1H3/b18-14-. The maximum atomic E-state index is 12.8. The van der Waals surface area contributed by atoms with Gasteiger partial charge in [0.15, 0.2) is 10.1 Å². The number of phenolic OH excluding ortho intramolecular Hbond substituents is 1. The molecule has 0 aliphatic carbocycles. The van der Waals surface area contributed by atoms with Crippen molar-refractivity contribution in [1.82, 2.24) is 4.98 Å². The number of carbonyl (C=O) groups excluding carboxylic acids is 1. The maximum Gasteiger partial charge on any atom is 0.186 e. The predicted octanol–water partition coefficient (Wildman–Crippen LogP) is 6.07. The lowest BCUT2D eigenvalue weighted by Gasteiger charge is -2.08. The first-order valence-electron chi connectivity index (χ1n) is 9.29. The maximum absolute atomic E-state index is 12.8. The van der Waals surface area contributed by atoms with Crippen LogP contribution in [0.5, 0.6) is 11.5 Å². The molecule has 1 heterocycles. The summed E-state index contributed by atoms with van der Waals surface area (Å²) in [6, 6.07) is 22.0. The van der Waals surface area contributed by atoms with Crippen LogP contribution < -0.4 is 4.74 Å². The molecule has 6 heteroatoms. The zero-order valence-electron chi connectivity index (χ0n) is 16.2. The van der Waals surface area contributed by atoms with Gasteiger partial charge in [-0.25, -0.2) is 4.98 Å². The minimum Gasteiger partial charge on any atom is -0.508 e. The third-order valence-electron chi connectivity index (χ3n) is 4.54. The molecular formula is C24H19NO3S2. The quantitative estimate of drug-likeness (QED) is 0.218. The van der Waals surface area contributed by atoms with E-state index >= 15 is 0 Å². The van der Waals surface area contributed by atoms with E-state index in [1.807, 2.05) is 42.5 Å². The number of nitrogens with zero attached hydrogens (tertiary/aromatic N) is 1. The van der Waals surface area contributed by atoms with Crippen molar-refractivity contribution >= 4 is 44.7 Å². The number of allylic oxidation sites excluding steroid dienone is 1. The summed E-state index contributed by atoms with van der Waals surface area (Å²) in [6.45, 7) is 0. The minimum absolute atomic E-state index is 0.106. The Morgan fingerprint density at radius 1 is 1.03 bits per heavy atom. The number of thioether (sulfide) groups is 1. The fraction of sp³-hybridized carbons (Fsp3) is 0.0833. The van der Waals surface area contributed by atoms with Crippen molar-refractivity contribution in [2.75, 3.05) is 12.9 Å². The molecule has 0 bridgehead atoms. The average molecular weight is 434 g/mol. The smallest absolute Gasteiger partial charge is 0.186 e. The number of rotatable bonds is 7. The van der Waals surface area contributed by atoms with Crippen molar-refractivity contribution in [3.05, 3.63) is 90.0 Å². The van der Waals surface area contributed by atoms with Crippen LogP contribution in [-0.4, -0.2) is 28.7 Å². The minimum atomic E-state index is -0.106. The van der Waals surface area contributed by atoms with Crippen molar-refractivity contribution in [3.8, 4) is 11.5 Å². The monoisotopic (exact) mass is 433 g/mol. The van der Waals surface area contributed by atoms with Gasteiger partial charge in [0.1, 0.15) is 11.5 Å². The number of benzene rings is 3. The van der Waals surface area contributed by atoms with Crippen LogP contribution in [-0.2, 0) is 0 Å². The fourth-order valence-electron chi connectivity index (χ4n) is 2.93. The fourth-order valence-corrected chi connectivity index (χ4v) is 5.00. The number of ether oxygens (including phenoxy) is 1. The van der Waals surface area contributed by atoms with Crippen LogP contribution in [0.1, 0.15) is 15.9 Å². The number of phenols is 1. The van der Waals surface area contributed by atoms with Crippen molar-refractivity contribution in [2.24, 2.45) is 0 Å². The lowest BCUT2D eigenvalue weighted by atomic mass is 10.0. The number of ketones is 1. The van der Waals surface area contributed by atoms with E-state index in [1.54, 1.807) is 48.4 Å². The molecule has 0 saturated carbocycles. The van der Waals surface area contributed by atoms with Gasteiger partial charge < -0.3 is 9.84 Å². The molecule has 0 aliphatic rings. The summed E-state index contributed by atoms with van der Waals surface area (Å²) in [5.74, 6) is 1.40. The predicted molar refractivity (Wildman–Crippen MR) is 124 cm³/mol. The lowest BCUT2D eigenvalue weighted by molar-refractivity contribution is 0.104. The Bertz CT molecular complexity index is 1160. The molecule has 0 aliphatic heterocycles. The molecule has 0 atom stereocenters. The van der Waals surface area contributed by atoms with Gasteiger partial charge in [-0.15, -0.1) is 11.3 Å². The Balaban J connectivity index is 1.61. The highest BCUT2D eigenvalue weighted by atomic mass is 32.2. The third-order valence-corrected chi connectivity index (χ3v) is 6.77. The highest BCUT2D eigenvalue weighted by Gasteiger charge is 2.11. The second-order valence-corrected chi connectivity index (χ2v) is 8.80. The van der Waals surface area contributed by atoms with E-state index in [-0.39, 0.29) is 11.5 Å². The van der Waals surface area contributed by atoms with Crippen LogP contribution in [0.3, 0.4) is 0 Å². The summed E-state index contributed by atoms with van der Waals surface area (Å²) >= 11 is 3.26. The molecule has 0 amide bonds. The molecule has 150 valence electrons. The normalized spacial score (nSPS) is 11.6. The second kappa shape index (κ2) is 9.15. The average Bonchev–Trinajstić information content (AvgIpc) is 3.20. The Morgan fingerprint density at radius 3 is 2.43 bits per heavy atom. The lowest BCUT2D eigenvalue weighted by Crippen LogP contribution is -1.98. The van der Waals surface area contributed by atoms with Crippen LogP contribution >= 0.6 is 23.1 Å². The molecule has 1 aromatic heterocycles. The van der Waals surface area contributed by atoms with E-state index in [2.05, 4.69) is 11.1 Å². The van der Waals surface area contributed by atoms with Gasteiger partial charge in [0.05, 0.1) is 17.3 Å². The molecule has 1 N–H and O–H groups in total. The zero-order chi connectivity index (χ0) is 20.9. The summed E-state index contributed by atoms with van der Waals surface area (Å²) in [4.78, 5) is 17.5. The van der Waals surface area contributed by atoms with E-state index in [0.29, 0.717) is 11.3 Å². The molecule has 0 spiro atoms. The summed E-state index contributed by atoms with van der Waals surface area (Å²) in [6.07, 6.45) is 1.66. The van der Waals surface area contributed by atoms with E-state index in [9.17, 15) is 9.90 Å². The van der Waals surface area contributed by atoms with Crippen LogP contribution in [0.4, 0.5) is 0 Å². The van der Waals surface area contributed by atoms with Gasteiger partial charge >= 0.3 is 0 Å². The molecule has 3 aromatic carbocycles. The Kier molecular flexibility index (Phi) is 6.16. The van der Waals surface area contributed by atoms with Gasteiger partial charge in [-0.3, -0.25) is 4.79 Å². The van der Waals surface area contributed by atoms with Gasteiger partial charge in [0.25, 0.3) is 0 Å². The van der Waals surface area contributed by atoms with E-state index < -0.39 is 0 Å². The SMILES string of the molecule is COc1ccc(/C(=C\C(=O)c2ccc(O)cc2)CSc2nc3ccccc3s2)cc1. The van der Waals surface area contributed by atoms with Gasteiger partial charge in [0, 0.05) is 11.3 Å². The summed E-state index contributed by atoms with van der Waals surface area (Å²) in [5.41, 5.74) is 3.38. The molecule has 4 nitrogen and oxygen atoms in total. The number of aromatic hydroxyl groups is 1.